The van der Waals surface area contributed by atoms with Gasteiger partial charge in [0.1, 0.15) is 12.3 Å². The number of rotatable bonds is 8. The third-order valence-electron chi connectivity index (χ3n) is 7.33. The molecule has 5 rings (SSSR count). The van der Waals surface area contributed by atoms with Gasteiger partial charge in [-0.3, -0.25) is 9.59 Å². The average Bonchev–Trinajstić information content (AvgIpc) is 3.04. The van der Waals surface area contributed by atoms with Gasteiger partial charge in [-0.1, -0.05) is 48.5 Å². The Morgan fingerprint density at radius 3 is 2.08 bits per heavy atom. The number of hydrogen-bond donors (Lipinski definition) is 0. The van der Waals surface area contributed by atoms with Crippen molar-refractivity contribution < 1.29 is 14.3 Å². The SMILES string of the molecule is COc1ccc(-c2ccc(N3CCN(C(=O)CN(C(=O)c4ccccc4)[C@@H](C)c4ccccc4)CC3)nn2)cc1. The molecule has 204 valence electrons. The predicted molar refractivity (Wildman–Crippen MR) is 155 cm³/mol. The van der Waals surface area contributed by atoms with E-state index in [9.17, 15) is 9.59 Å². The van der Waals surface area contributed by atoms with E-state index in [2.05, 4.69) is 15.1 Å². The standard InChI is InChI=1S/C32H33N5O3/c1-24(25-9-5-3-6-10-25)37(32(39)27-11-7-4-8-12-27)23-31(38)36-21-19-35(20-22-36)30-18-17-29(33-34-30)26-13-15-28(40-2)16-14-26/h3-18,24H,19-23H2,1-2H3/t24-/m0/s1. The van der Waals surface area contributed by atoms with E-state index in [1.165, 1.54) is 0 Å². The van der Waals surface area contributed by atoms with Crippen molar-refractivity contribution in [2.24, 2.45) is 0 Å². The topological polar surface area (TPSA) is 78.9 Å². The Balaban J connectivity index is 1.23. The first-order valence-corrected chi connectivity index (χ1v) is 13.5. The molecule has 40 heavy (non-hydrogen) atoms. The summed E-state index contributed by atoms with van der Waals surface area (Å²) in [6, 6.07) is 30.3. The van der Waals surface area contributed by atoms with Crippen LogP contribution in [0.3, 0.4) is 0 Å². The first-order valence-electron chi connectivity index (χ1n) is 13.5. The Morgan fingerprint density at radius 1 is 0.825 bits per heavy atom. The number of hydrogen-bond acceptors (Lipinski definition) is 6. The number of carbonyl (C=O) groups is 2. The molecule has 2 heterocycles. The Kier molecular flexibility index (Phi) is 8.35. The number of piperazine rings is 1. The Bertz CT molecular complexity index is 1400. The number of benzene rings is 3. The van der Waals surface area contributed by atoms with Crippen molar-refractivity contribution in [3.63, 3.8) is 0 Å². The van der Waals surface area contributed by atoms with Crippen LogP contribution in [0.15, 0.2) is 97.1 Å². The summed E-state index contributed by atoms with van der Waals surface area (Å²) in [5.41, 5.74) is 3.31. The Labute approximate surface area is 234 Å². The normalized spacial score (nSPS) is 13.9. The van der Waals surface area contributed by atoms with Crippen LogP contribution >= 0.6 is 0 Å². The fraction of sp³-hybridized carbons (Fsp3) is 0.250. The maximum absolute atomic E-state index is 13.5. The van der Waals surface area contributed by atoms with E-state index in [1.807, 2.05) is 96.8 Å². The molecule has 1 saturated heterocycles. The van der Waals surface area contributed by atoms with Gasteiger partial charge in [0.15, 0.2) is 5.82 Å². The molecule has 0 saturated carbocycles. The maximum Gasteiger partial charge on any atom is 0.254 e. The number of ether oxygens (including phenoxy) is 1. The summed E-state index contributed by atoms with van der Waals surface area (Å²) in [5, 5.41) is 8.85. The van der Waals surface area contributed by atoms with Crippen LogP contribution in [0.1, 0.15) is 28.9 Å². The van der Waals surface area contributed by atoms with Crippen LogP contribution in [0.2, 0.25) is 0 Å². The summed E-state index contributed by atoms with van der Waals surface area (Å²) in [6.07, 6.45) is 0. The van der Waals surface area contributed by atoms with E-state index >= 15 is 0 Å². The first-order chi connectivity index (χ1) is 19.5. The molecule has 0 bridgehead atoms. The van der Waals surface area contributed by atoms with Crippen LogP contribution in [-0.4, -0.2) is 71.6 Å². The zero-order chi connectivity index (χ0) is 27.9. The molecule has 1 aliphatic heterocycles. The highest BCUT2D eigenvalue weighted by Crippen LogP contribution is 2.24. The molecule has 0 radical (unpaired) electrons. The molecule has 0 spiro atoms. The number of aromatic nitrogens is 2. The van der Waals surface area contributed by atoms with Gasteiger partial charge in [-0.15, -0.1) is 10.2 Å². The summed E-state index contributed by atoms with van der Waals surface area (Å²) in [5.74, 6) is 1.36. The number of amides is 2. The molecular formula is C32H33N5O3. The average molecular weight is 536 g/mol. The lowest BCUT2D eigenvalue weighted by molar-refractivity contribution is -0.132. The van der Waals surface area contributed by atoms with Crippen LogP contribution < -0.4 is 9.64 Å². The number of methoxy groups -OCH3 is 1. The van der Waals surface area contributed by atoms with E-state index < -0.39 is 0 Å². The van der Waals surface area contributed by atoms with Gasteiger partial charge in [0.05, 0.1) is 18.8 Å². The molecule has 1 aromatic heterocycles. The minimum Gasteiger partial charge on any atom is -0.497 e. The third kappa shape index (κ3) is 6.12. The number of anilines is 1. The van der Waals surface area contributed by atoms with E-state index in [-0.39, 0.29) is 24.4 Å². The summed E-state index contributed by atoms with van der Waals surface area (Å²) in [4.78, 5) is 32.6. The monoisotopic (exact) mass is 535 g/mol. The zero-order valence-electron chi connectivity index (χ0n) is 22.8. The van der Waals surface area contributed by atoms with Crippen molar-refractivity contribution in [2.75, 3.05) is 44.7 Å². The smallest absolute Gasteiger partial charge is 0.254 e. The molecule has 2 amide bonds. The van der Waals surface area contributed by atoms with E-state index in [4.69, 9.17) is 4.74 Å². The Hall–Kier alpha value is -4.72. The molecule has 8 nitrogen and oxygen atoms in total. The van der Waals surface area contributed by atoms with Gasteiger partial charge in [-0.2, -0.15) is 0 Å². The quantitative estimate of drug-likeness (QED) is 0.325. The summed E-state index contributed by atoms with van der Waals surface area (Å²) in [6.45, 7) is 4.36. The van der Waals surface area contributed by atoms with Crippen LogP contribution in [0.4, 0.5) is 5.82 Å². The molecule has 8 heteroatoms. The van der Waals surface area contributed by atoms with E-state index in [1.54, 1.807) is 24.1 Å². The van der Waals surface area contributed by atoms with Gasteiger partial charge >= 0.3 is 0 Å². The second-order valence-electron chi connectivity index (χ2n) is 9.76. The van der Waals surface area contributed by atoms with E-state index in [0.29, 0.717) is 31.7 Å². The minimum absolute atomic E-state index is 0.0140. The van der Waals surface area contributed by atoms with Crippen molar-refractivity contribution in [1.82, 2.24) is 20.0 Å². The molecule has 0 N–H and O–H groups in total. The van der Waals surface area contributed by atoms with Gasteiger partial charge in [0, 0.05) is 37.3 Å². The lowest BCUT2D eigenvalue weighted by Gasteiger charge is -2.37. The van der Waals surface area contributed by atoms with Crippen molar-refractivity contribution in [3.8, 4) is 17.0 Å². The summed E-state index contributed by atoms with van der Waals surface area (Å²) in [7, 11) is 1.64. The van der Waals surface area contributed by atoms with Gasteiger partial charge in [0.25, 0.3) is 5.91 Å². The molecule has 1 fully saturated rings. The second-order valence-corrected chi connectivity index (χ2v) is 9.76. The number of carbonyl (C=O) groups excluding carboxylic acids is 2. The zero-order valence-corrected chi connectivity index (χ0v) is 22.8. The number of nitrogens with zero attached hydrogens (tertiary/aromatic N) is 5. The van der Waals surface area contributed by atoms with Crippen molar-refractivity contribution >= 4 is 17.6 Å². The van der Waals surface area contributed by atoms with Crippen LogP contribution in [0.5, 0.6) is 5.75 Å². The van der Waals surface area contributed by atoms with E-state index in [0.717, 1.165) is 28.4 Å². The lowest BCUT2D eigenvalue weighted by Crippen LogP contribution is -2.52. The Morgan fingerprint density at radius 2 is 1.48 bits per heavy atom. The first kappa shape index (κ1) is 26.9. The molecule has 1 aliphatic rings. The highest BCUT2D eigenvalue weighted by molar-refractivity contribution is 5.96. The molecule has 3 aromatic carbocycles. The second kappa shape index (κ2) is 12.4. The lowest BCUT2D eigenvalue weighted by atomic mass is 10.1. The fourth-order valence-electron chi connectivity index (χ4n) is 4.88. The van der Waals surface area contributed by atoms with Crippen molar-refractivity contribution in [1.29, 1.82) is 0 Å². The largest absolute Gasteiger partial charge is 0.497 e. The van der Waals surface area contributed by atoms with Crippen molar-refractivity contribution in [3.05, 3.63) is 108 Å². The van der Waals surface area contributed by atoms with Gasteiger partial charge in [0.2, 0.25) is 5.91 Å². The van der Waals surface area contributed by atoms with Gasteiger partial charge in [-0.25, -0.2) is 0 Å². The molecule has 4 aromatic rings. The maximum atomic E-state index is 13.5. The molecular weight excluding hydrogens is 502 g/mol. The van der Waals surface area contributed by atoms with Crippen LogP contribution in [0.25, 0.3) is 11.3 Å². The molecule has 0 aliphatic carbocycles. The highest BCUT2D eigenvalue weighted by Gasteiger charge is 2.29. The predicted octanol–water partition coefficient (Wildman–Crippen LogP) is 4.70. The fourth-order valence-corrected chi connectivity index (χ4v) is 4.88. The van der Waals surface area contributed by atoms with Gasteiger partial charge < -0.3 is 19.4 Å². The summed E-state index contributed by atoms with van der Waals surface area (Å²) < 4.78 is 5.22. The van der Waals surface area contributed by atoms with Crippen molar-refractivity contribution in [2.45, 2.75) is 13.0 Å². The van der Waals surface area contributed by atoms with Crippen LogP contribution in [0, 0.1) is 0 Å². The highest BCUT2D eigenvalue weighted by atomic mass is 16.5. The molecule has 1 atom stereocenters. The minimum atomic E-state index is -0.251. The third-order valence-corrected chi connectivity index (χ3v) is 7.33. The summed E-state index contributed by atoms with van der Waals surface area (Å²) >= 11 is 0. The molecule has 0 unspecified atom stereocenters. The van der Waals surface area contributed by atoms with Crippen LogP contribution in [-0.2, 0) is 4.79 Å². The van der Waals surface area contributed by atoms with Gasteiger partial charge in [-0.05, 0) is 61.0 Å².